The van der Waals surface area contributed by atoms with Gasteiger partial charge in [-0.25, -0.2) is 0 Å². The van der Waals surface area contributed by atoms with Crippen LogP contribution in [0.1, 0.15) is 30.9 Å². The van der Waals surface area contributed by atoms with Crippen molar-refractivity contribution in [3.05, 3.63) is 29.3 Å². The lowest BCUT2D eigenvalue weighted by Gasteiger charge is -2.14. The van der Waals surface area contributed by atoms with Crippen molar-refractivity contribution >= 4 is 5.91 Å². The second-order valence-electron chi connectivity index (χ2n) is 4.88. The van der Waals surface area contributed by atoms with Crippen LogP contribution in [0.15, 0.2) is 18.2 Å². The maximum absolute atomic E-state index is 11.8. The van der Waals surface area contributed by atoms with Crippen LogP contribution in [0.25, 0.3) is 0 Å². The van der Waals surface area contributed by atoms with Gasteiger partial charge in [0.2, 0.25) is 5.91 Å². The fraction of sp³-hybridized carbons (Fsp3) is 0.500. The van der Waals surface area contributed by atoms with Crippen LogP contribution >= 0.6 is 0 Å². The van der Waals surface area contributed by atoms with Crippen molar-refractivity contribution in [3.63, 3.8) is 0 Å². The van der Waals surface area contributed by atoms with Gasteiger partial charge in [-0.2, -0.15) is 0 Å². The first kappa shape index (κ1) is 12.9. The summed E-state index contributed by atoms with van der Waals surface area (Å²) in [7, 11) is 0. The maximum Gasteiger partial charge on any atom is 0.240 e. The number of rotatable bonds is 5. The largest absolute Gasteiger partial charge is 0.494 e. The van der Waals surface area contributed by atoms with Crippen LogP contribution in [0.2, 0.25) is 0 Å². The summed E-state index contributed by atoms with van der Waals surface area (Å²) in [5, 5.41) is 2.88. The zero-order chi connectivity index (χ0) is 13.2. The third kappa shape index (κ3) is 2.82. The van der Waals surface area contributed by atoms with Crippen LogP contribution in [-0.2, 0) is 11.3 Å². The summed E-state index contributed by atoms with van der Waals surface area (Å²) in [5.41, 5.74) is 7.35. The highest BCUT2D eigenvalue weighted by Gasteiger charge is 2.45. The number of nitrogens with one attached hydrogen (secondary N) is 1. The first-order valence-corrected chi connectivity index (χ1v) is 6.34. The van der Waals surface area contributed by atoms with E-state index >= 15 is 0 Å². The van der Waals surface area contributed by atoms with Crippen molar-refractivity contribution < 1.29 is 9.53 Å². The Bertz CT molecular complexity index is 453. The minimum Gasteiger partial charge on any atom is -0.494 e. The van der Waals surface area contributed by atoms with Crippen molar-refractivity contribution in [2.75, 3.05) is 6.61 Å². The lowest BCUT2D eigenvalue weighted by molar-refractivity contribution is -0.123. The topological polar surface area (TPSA) is 64.3 Å². The van der Waals surface area contributed by atoms with Gasteiger partial charge < -0.3 is 15.8 Å². The molecule has 0 unspecified atom stereocenters. The lowest BCUT2D eigenvalue weighted by atomic mass is 10.1. The van der Waals surface area contributed by atoms with E-state index in [1.165, 1.54) is 0 Å². The fourth-order valence-corrected chi connectivity index (χ4v) is 1.81. The lowest BCUT2D eigenvalue weighted by Crippen LogP contribution is -2.42. The second kappa shape index (κ2) is 4.98. The smallest absolute Gasteiger partial charge is 0.240 e. The van der Waals surface area contributed by atoms with Gasteiger partial charge in [0.1, 0.15) is 5.75 Å². The molecule has 0 aliphatic heterocycles. The molecule has 1 fully saturated rings. The average Bonchev–Trinajstić information content (AvgIpc) is 3.08. The van der Waals surface area contributed by atoms with Crippen molar-refractivity contribution in [2.24, 2.45) is 5.73 Å². The van der Waals surface area contributed by atoms with Crippen LogP contribution in [0.3, 0.4) is 0 Å². The van der Waals surface area contributed by atoms with E-state index in [0.717, 1.165) is 29.7 Å². The van der Waals surface area contributed by atoms with E-state index in [1.54, 1.807) is 0 Å². The Morgan fingerprint density at radius 1 is 1.50 bits per heavy atom. The van der Waals surface area contributed by atoms with Crippen molar-refractivity contribution in [3.8, 4) is 5.75 Å². The van der Waals surface area contributed by atoms with Gasteiger partial charge in [-0.3, -0.25) is 4.79 Å². The van der Waals surface area contributed by atoms with Crippen molar-refractivity contribution in [1.29, 1.82) is 0 Å². The van der Waals surface area contributed by atoms with E-state index < -0.39 is 5.54 Å². The molecule has 0 heterocycles. The number of carbonyl (C=O) groups excluding carboxylic acids is 1. The summed E-state index contributed by atoms with van der Waals surface area (Å²) in [5.74, 6) is 0.769. The Balaban J connectivity index is 2.02. The van der Waals surface area contributed by atoms with Gasteiger partial charge in [-0.1, -0.05) is 12.1 Å². The van der Waals surface area contributed by atoms with Gasteiger partial charge in [-0.05, 0) is 38.3 Å². The molecule has 0 radical (unpaired) electrons. The number of ether oxygens (including phenoxy) is 1. The Labute approximate surface area is 108 Å². The first-order chi connectivity index (χ1) is 8.55. The Kier molecular flexibility index (Phi) is 3.57. The highest BCUT2D eigenvalue weighted by Crippen LogP contribution is 2.32. The third-order valence-electron chi connectivity index (χ3n) is 3.20. The molecule has 1 aliphatic carbocycles. The summed E-state index contributed by atoms with van der Waals surface area (Å²) in [4.78, 5) is 11.8. The van der Waals surface area contributed by atoms with Crippen LogP contribution in [0.4, 0.5) is 0 Å². The van der Waals surface area contributed by atoms with E-state index in [-0.39, 0.29) is 5.91 Å². The van der Waals surface area contributed by atoms with Crippen molar-refractivity contribution in [1.82, 2.24) is 5.32 Å². The minimum absolute atomic E-state index is 0.0643. The Morgan fingerprint density at radius 2 is 2.22 bits per heavy atom. The molecule has 0 saturated heterocycles. The van der Waals surface area contributed by atoms with Gasteiger partial charge in [0.25, 0.3) is 0 Å². The molecule has 4 heteroatoms. The molecule has 1 amide bonds. The molecule has 2 rings (SSSR count). The first-order valence-electron chi connectivity index (χ1n) is 6.34. The van der Waals surface area contributed by atoms with Crippen molar-refractivity contribution in [2.45, 2.75) is 38.8 Å². The number of hydrogen-bond acceptors (Lipinski definition) is 3. The van der Waals surface area contributed by atoms with Crippen LogP contribution in [-0.4, -0.2) is 18.1 Å². The second-order valence-corrected chi connectivity index (χ2v) is 4.88. The Hall–Kier alpha value is -1.55. The van der Waals surface area contributed by atoms with Crippen LogP contribution < -0.4 is 15.8 Å². The molecule has 1 aromatic rings. The van der Waals surface area contributed by atoms with Gasteiger partial charge in [0, 0.05) is 12.1 Å². The number of hydrogen-bond donors (Lipinski definition) is 2. The monoisotopic (exact) mass is 248 g/mol. The van der Waals surface area contributed by atoms with E-state index in [4.69, 9.17) is 10.5 Å². The number of carbonyl (C=O) groups is 1. The number of benzene rings is 1. The standard InChI is InChI=1S/C14H20N2O2/c1-3-18-12-8-10(2)4-5-11(12)9-16-13(17)14(15)6-7-14/h4-5,8H,3,6-7,9,15H2,1-2H3,(H,16,17). The molecule has 3 N–H and O–H groups in total. The van der Waals surface area contributed by atoms with Gasteiger partial charge >= 0.3 is 0 Å². The summed E-state index contributed by atoms with van der Waals surface area (Å²) in [6.45, 7) is 5.05. The van der Waals surface area contributed by atoms with Crippen LogP contribution in [0, 0.1) is 6.92 Å². The molecule has 18 heavy (non-hydrogen) atoms. The predicted molar refractivity (Wildman–Crippen MR) is 70.3 cm³/mol. The molecule has 0 atom stereocenters. The highest BCUT2D eigenvalue weighted by atomic mass is 16.5. The predicted octanol–water partition coefficient (Wildman–Crippen LogP) is 1.50. The third-order valence-corrected chi connectivity index (χ3v) is 3.20. The van der Waals surface area contributed by atoms with Gasteiger partial charge in [0.15, 0.2) is 0 Å². The van der Waals surface area contributed by atoms with Gasteiger partial charge in [0.05, 0.1) is 12.1 Å². The fourth-order valence-electron chi connectivity index (χ4n) is 1.81. The molecule has 0 aromatic heterocycles. The number of aryl methyl sites for hydroxylation is 1. The molecule has 0 spiro atoms. The SMILES string of the molecule is CCOc1cc(C)ccc1CNC(=O)C1(N)CC1. The van der Waals surface area contributed by atoms with E-state index in [1.807, 2.05) is 32.0 Å². The summed E-state index contributed by atoms with van der Waals surface area (Å²) in [6, 6.07) is 5.98. The van der Waals surface area contributed by atoms with E-state index in [0.29, 0.717) is 13.2 Å². The molecule has 0 bridgehead atoms. The average molecular weight is 248 g/mol. The zero-order valence-electron chi connectivity index (χ0n) is 11.0. The summed E-state index contributed by atoms with van der Waals surface area (Å²) >= 11 is 0. The normalized spacial score (nSPS) is 16.2. The quantitative estimate of drug-likeness (QED) is 0.830. The zero-order valence-corrected chi connectivity index (χ0v) is 11.0. The van der Waals surface area contributed by atoms with Crippen LogP contribution in [0.5, 0.6) is 5.75 Å². The number of amides is 1. The highest BCUT2D eigenvalue weighted by molar-refractivity contribution is 5.88. The minimum atomic E-state index is -0.615. The molecular weight excluding hydrogens is 228 g/mol. The Morgan fingerprint density at radius 3 is 2.83 bits per heavy atom. The molecule has 1 aromatic carbocycles. The molecule has 1 saturated carbocycles. The maximum atomic E-state index is 11.8. The molecule has 98 valence electrons. The number of nitrogens with two attached hydrogens (primary N) is 1. The van der Waals surface area contributed by atoms with E-state index in [9.17, 15) is 4.79 Å². The molecule has 1 aliphatic rings. The van der Waals surface area contributed by atoms with Gasteiger partial charge in [-0.15, -0.1) is 0 Å². The molecule has 4 nitrogen and oxygen atoms in total. The molecular formula is C14H20N2O2. The van der Waals surface area contributed by atoms with E-state index in [2.05, 4.69) is 5.32 Å². The summed E-state index contributed by atoms with van der Waals surface area (Å²) < 4.78 is 5.57. The summed E-state index contributed by atoms with van der Waals surface area (Å²) in [6.07, 6.45) is 1.57.